The molecule has 0 spiro atoms. The van der Waals surface area contributed by atoms with Crippen LogP contribution in [0.2, 0.25) is 0 Å². The zero-order valence-electron chi connectivity index (χ0n) is 12.6. The van der Waals surface area contributed by atoms with Crippen molar-refractivity contribution in [2.24, 2.45) is 5.92 Å². The van der Waals surface area contributed by atoms with Gasteiger partial charge in [0.25, 0.3) is 0 Å². The molecule has 0 saturated heterocycles. The van der Waals surface area contributed by atoms with Crippen LogP contribution < -0.4 is 0 Å². The molecule has 0 amide bonds. The van der Waals surface area contributed by atoms with Gasteiger partial charge in [0.2, 0.25) is 0 Å². The van der Waals surface area contributed by atoms with E-state index in [1.165, 1.54) is 11.8 Å². The fourth-order valence-corrected chi connectivity index (χ4v) is 3.27. The van der Waals surface area contributed by atoms with Gasteiger partial charge >= 0.3 is 5.97 Å². The number of carboxylic acid groups (broad SMARTS) is 1. The summed E-state index contributed by atoms with van der Waals surface area (Å²) >= 11 is 1.27. The zero-order valence-corrected chi connectivity index (χ0v) is 13.4. The third kappa shape index (κ3) is 3.75. The predicted octanol–water partition coefficient (Wildman–Crippen LogP) is 3.61. The largest absolute Gasteiger partial charge is 0.481 e. The van der Waals surface area contributed by atoms with Gasteiger partial charge in [-0.05, 0) is 25.3 Å². The highest BCUT2D eigenvalue weighted by atomic mass is 32.2. The van der Waals surface area contributed by atoms with E-state index in [-0.39, 0.29) is 11.8 Å². The maximum atomic E-state index is 10.8. The zero-order chi connectivity index (χ0) is 15.4. The van der Waals surface area contributed by atoms with E-state index in [9.17, 15) is 4.79 Å². The molecule has 114 valence electrons. The second-order valence-electron chi connectivity index (χ2n) is 5.41. The lowest BCUT2D eigenvalue weighted by Crippen LogP contribution is -2.11. The van der Waals surface area contributed by atoms with Gasteiger partial charge in [0.15, 0.2) is 5.16 Å². The quantitative estimate of drug-likeness (QED) is 0.791. The molecule has 0 radical (unpaired) electrons. The van der Waals surface area contributed by atoms with Crippen LogP contribution in [0.25, 0.3) is 11.0 Å². The Bertz CT molecular complexity index is 626. The summed E-state index contributed by atoms with van der Waals surface area (Å²) in [5.41, 5.74) is 1.84. The molecule has 2 rings (SSSR count). The van der Waals surface area contributed by atoms with E-state index in [0.29, 0.717) is 5.92 Å². The fraction of sp³-hybridized carbons (Fsp3) is 0.533. The van der Waals surface area contributed by atoms with Crippen molar-refractivity contribution in [2.45, 2.75) is 44.8 Å². The lowest BCUT2D eigenvalue weighted by atomic mass is 10.0. The average Bonchev–Trinajstić information content (AvgIpc) is 2.83. The molecule has 0 saturated carbocycles. The smallest absolute Gasteiger partial charge is 0.313 e. The number of nitrogens with zero attached hydrogens (tertiary/aromatic N) is 3. The van der Waals surface area contributed by atoms with Crippen LogP contribution in [0, 0.1) is 5.92 Å². The summed E-state index contributed by atoms with van der Waals surface area (Å²) in [5, 5.41) is 9.65. The van der Waals surface area contributed by atoms with Gasteiger partial charge in [-0.15, -0.1) is 0 Å². The summed E-state index contributed by atoms with van der Waals surface area (Å²) in [6.07, 6.45) is 5.66. The number of fused-ring (bicyclic) bond motifs is 1. The molecule has 2 aromatic rings. The Morgan fingerprint density at radius 1 is 1.48 bits per heavy atom. The maximum Gasteiger partial charge on any atom is 0.313 e. The molecular formula is C15H21N3O2S. The summed E-state index contributed by atoms with van der Waals surface area (Å²) < 4.78 is 2.15. The summed E-state index contributed by atoms with van der Waals surface area (Å²) in [4.78, 5) is 19.5. The van der Waals surface area contributed by atoms with E-state index >= 15 is 0 Å². The van der Waals surface area contributed by atoms with Crippen molar-refractivity contribution in [2.75, 3.05) is 5.75 Å². The minimum atomic E-state index is -0.827. The number of thioether (sulfide) groups is 1. The first-order valence-corrected chi connectivity index (χ1v) is 8.18. The number of hydrogen-bond acceptors (Lipinski definition) is 4. The van der Waals surface area contributed by atoms with Crippen LogP contribution in [0.3, 0.4) is 0 Å². The fourth-order valence-electron chi connectivity index (χ4n) is 2.44. The van der Waals surface area contributed by atoms with Crippen LogP contribution in [0.4, 0.5) is 0 Å². The number of aromatic nitrogens is 3. The Morgan fingerprint density at radius 3 is 2.90 bits per heavy atom. The Balaban J connectivity index is 2.37. The lowest BCUT2D eigenvalue weighted by Gasteiger charge is -2.20. The molecular weight excluding hydrogens is 286 g/mol. The van der Waals surface area contributed by atoms with Crippen LogP contribution in [0.1, 0.15) is 39.7 Å². The number of hydrogen-bond donors (Lipinski definition) is 1. The highest BCUT2D eigenvalue weighted by molar-refractivity contribution is 7.99. The second-order valence-corrected chi connectivity index (χ2v) is 6.35. The average molecular weight is 307 g/mol. The van der Waals surface area contributed by atoms with E-state index in [1.807, 2.05) is 6.07 Å². The van der Waals surface area contributed by atoms with Crippen LogP contribution in [0.15, 0.2) is 23.6 Å². The Labute approximate surface area is 128 Å². The Morgan fingerprint density at radius 2 is 2.24 bits per heavy atom. The third-order valence-electron chi connectivity index (χ3n) is 3.67. The molecule has 1 N–H and O–H groups in total. The van der Waals surface area contributed by atoms with Gasteiger partial charge in [0.05, 0.1) is 17.5 Å². The Kier molecular flexibility index (Phi) is 5.22. The highest BCUT2D eigenvalue weighted by Gasteiger charge is 2.18. The summed E-state index contributed by atoms with van der Waals surface area (Å²) in [6, 6.07) is 2.23. The van der Waals surface area contributed by atoms with Crippen molar-refractivity contribution in [3.8, 4) is 0 Å². The molecule has 2 atom stereocenters. The first kappa shape index (κ1) is 15.8. The van der Waals surface area contributed by atoms with Gasteiger partial charge in [-0.25, -0.2) is 4.98 Å². The predicted molar refractivity (Wildman–Crippen MR) is 84.7 cm³/mol. The van der Waals surface area contributed by atoms with Gasteiger partial charge < -0.3 is 9.67 Å². The van der Waals surface area contributed by atoms with E-state index in [2.05, 4.69) is 35.3 Å². The SMILES string of the molecule is CCC(C)CC(C)n1c(SCC(=O)O)nc2cnccc21. The third-order valence-corrected chi connectivity index (χ3v) is 4.60. The second kappa shape index (κ2) is 6.93. The molecule has 0 aliphatic heterocycles. The summed E-state index contributed by atoms with van der Waals surface area (Å²) in [7, 11) is 0. The summed E-state index contributed by atoms with van der Waals surface area (Å²) in [5.74, 6) is -0.185. The molecule has 2 heterocycles. The normalized spacial score (nSPS) is 14.2. The minimum absolute atomic E-state index is 0.0206. The molecule has 5 nitrogen and oxygen atoms in total. The highest BCUT2D eigenvalue weighted by Crippen LogP contribution is 2.30. The van der Waals surface area contributed by atoms with Crippen molar-refractivity contribution < 1.29 is 9.90 Å². The topological polar surface area (TPSA) is 68.0 Å². The molecule has 21 heavy (non-hydrogen) atoms. The molecule has 0 fully saturated rings. The van der Waals surface area contributed by atoms with E-state index in [4.69, 9.17) is 5.11 Å². The number of pyridine rings is 1. The number of imidazole rings is 1. The molecule has 0 aliphatic rings. The lowest BCUT2D eigenvalue weighted by molar-refractivity contribution is -0.133. The van der Waals surface area contributed by atoms with Crippen LogP contribution in [-0.2, 0) is 4.79 Å². The van der Waals surface area contributed by atoms with Crippen molar-refractivity contribution in [1.82, 2.24) is 14.5 Å². The van der Waals surface area contributed by atoms with Gasteiger partial charge in [-0.3, -0.25) is 9.78 Å². The van der Waals surface area contributed by atoms with Crippen molar-refractivity contribution in [3.05, 3.63) is 18.5 Å². The number of aliphatic carboxylic acids is 1. The standard InChI is InChI=1S/C15H21N3O2S/c1-4-10(2)7-11(3)18-13-5-6-16-8-12(13)17-15(18)21-9-14(19)20/h5-6,8,10-11H,4,7,9H2,1-3H3,(H,19,20). The number of carboxylic acids is 1. The van der Waals surface area contributed by atoms with Gasteiger partial charge in [-0.1, -0.05) is 32.0 Å². The van der Waals surface area contributed by atoms with Crippen molar-refractivity contribution in [3.63, 3.8) is 0 Å². The minimum Gasteiger partial charge on any atom is -0.481 e. The van der Waals surface area contributed by atoms with E-state index < -0.39 is 5.97 Å². The molecule has 0 aromatic carbocycles. The van der Waals surface area contributed by atoms with Gasteiger partial charge in [-0.2, -0.15) is 0 Å². The first-order valence-electron chi connectivity index (χ1n) is 7.19. The van der Waals surface area contributed by atoms with Crippen molar-refractivity contribution in [1.29, 1.82) is 0 Å². The van der Waals surface area contributed by atoms with Crippen LogP contribution in [0.5, 0.6) is 0 Å². The summed E-state index contributed by atoms with van der Waals surface area (Å²) in [6.45, 7) is 6.59. The number of carbonyl (C=O) groups is 1. The molecule has 0 bridgehead atoms. The van der Waals surface area contributed by atoms with Gasteiger partial charge in [0.1, 0.15) is 5.52 Å². The van der Waals surface area contributed by atoms with E-state index in [0.717, 1.165) is 29.0 Å². The monoisotopic (exact) mass is 307 g/mol. The molecule has 2 aromatic heterocycles. The van der Waals surface area contributed by atoms with Crippen LogP contribution >= 0.6 is 11.8 Å². The van der Waals surface area contributed by atoms with E-state index in [1.54, 1.807) is 12.4 Å². The number of rotatable bonds is 7. The van der Waals surface area contributed by atoms with Gasteiger partial charge in [0, 0.05) is 12.2 Å². The Hall–Kier alpha value is -1.56. The molecule has 0 aliphatic carbocycles. The van der Waals surface area contributed by atoms with Crippen molar-refractivity contribution >= 4 is 28.8 Å². The van der Waals surface area contributed by atoms with Crippen LogP contribution in [-0.4, -0.2) is 31.4 Å². The molecule has 2 unspecified atom stereocenters. The maximum absolute atomic E-state index is 10.8. The first-order chi connectivity index (χ1) is 10.0. The molecule has 6 heteroatoms.